The summed E-state index contributed by atoms with van der Waals surface area (Å²) in [5.74, 6) is 0.907. The minimum Gasteiger partial charge on any atom is -0.491 e. The Morgan fingerprint density at radius 3 is 2.57 bits per heavy atom. The van der Waals surface area contributed by atoms with Crippen LogP contribution in [-0.2, 0) is 0 Å². The predicted octanol–water partition coefficient (Wildman–Crippen LogP) is 5.15. The van der Waals surface area contributed by atoms with Gasteiger partial charge in [-0.25, -0.2) is 0 Å². The van der Waals surface area contributed by atoms with Gasteiger partial charge in [-0.2, -0.15) is 0 Å². The third-order valence-corrected chi connectivity index (χ3v) is 4.51. The van der Waals surface area contributed by atoms with Crippen molar-refractivity contribution in [3.8, 4) is 5.75 Å². The molecule has 0 fully saturated rings. The highest BCUT2D eigenvalue weighted by molar-refractivity contribution is 14.1. The maximum Gasteiger partial charge on any atom is 0.120 e. The van der Waals surface area contributed by atoms with Crippen molar-refractivity contribution in [1.29, 1.82) is 0 Å². The van der Waals surface area contributed by atoms with E-state index in [9.17, 15) is 0 Å². The van der Waals surface area contributed by atoms with Crippen molar-refractivity contribution in [2.24, 2.45) is 0 Å². The lowest BCUT2D eigenvalue weighted by Crippen LogP contribution is -2.18. The molecule has 21 heavy (non-hydrogen) atoms. The van der Waals surface area contributed by atoms with Gasteiger partial charge in [0.25, 0.3) is 0 Å². The lowest BCUT2D eigenvalue weighted by atomic mass is 9.99. The summed E-state index contributed by atoms with van der Waals surface area (Å²) in [6, 6.07) is 14.8. The minimum absolute atomic E-state index is 0.129. The fraction of sp³-hybridized carbons (Fsp3) is 0.294. The van der Waals surface area contributed by atoms with Gasteiger partial charge in [-0.15, -0.1) is 0 Å². The summed E-state index contributed by atoms with van der Waals surface area (Å²) in [4.78, 5) is 0. The molecule has 0 radical (unpaired) electrons. The van der Waals surface area contributed by atoms with Crippen molar-refractivity contribution in [2.75, 3.05) is 7.05 Å². The molecular weight excluding hydrogens is 441 g/mol. The molecule has 0 heterocycles. The Balaban J connectivity index is 2.39. The van der Waals surface area contributed by atoms with E-state index in [1.54, 1.807) is 0 Å². The zero-order valence-corrected chi connectivity index (χ0v) is 16.1. The lowest BCUT2D eigenvalue weighted by Gasteiger charge is -2.20. The topological polar surface area (TPSA) is 21.3 Å². The number of hydrogen-bond acceptors (Lipinski definition) is 2. The van der Waals surface area contributed by atoms with Crippen LogP contribution in [0.5, 0.6) is 5.75 Å². The summed E-state index contributed by atoms with van der Waals surface area (Å²) >= 11 is 5.99. The number of rotatable bonds is 5. The molecule has 0 aliphatic rings. The second-order valence-corrected chi connectivity index (χ2v) is 7.23. The van der Waals surface area contributed by atoms with E-state index in [0.29, 0.717) is 0 Å². The largest absolute Gasteiger partial charge is 0.491 e. The highest BCUT2D eigenvalue weighted by Crippen LogP contribution is 2.31. The van der Waals surface area contributed by atoms with Gasteiger partial charge in [-0.05, 0) is 84.9 Å². The Labute approximate surface area is 148 Å². The van der Waals surface area contributed by atoms with Crippen LogP contribution in [0.1, 0.15) is 31.0 Å². The van der Waals surface area contributed by atoms with Crippen molar-refractivity contribution >= 4 is 38.5 Å². The molecule has 0 aliphatic carbocycles. The molecule has 1 N–H and O–H groups in total. The molecule has 2 rings (SSSR count). The smallest absolute Gasteiger partial charge is 0.120 e. The number of hydrogen-bond donors (Lipinski definition) is 1. The Kier molecular flexibility index (Phi) is 6.08. The van der Waals surface area contributed by atoms with E-state index in [1.165, 1.54) is 14.7 Å². The number of ether oxygens (including phenoxy) is 1. The Morgan fingerprint density at radius 2 is 1.90 bits per heavy atom. The van der Waals surface area contributed by atoms with Crippen molar-refractivity contribution in [3.05, 3.63) is 61.6 Å². The first-order valence-corrected chi connectivity index (χ1v) is 8.77. The molecule has 0 aromatic heterocycles. The molecule has 0 aliphatic heterocycles. The van der Waals surface area contributed by atoms with Gasteiger partial charge in [0.15, 0.2) is 0 Å². The average Bonchev–Trinajstić information content (AvgIpc) is 2.43. The SMILES string of the molecule is CNC(c1cccc(OC(C)C)c1)c1cc(I)ccc1Br. The Hall–Kier alpha value is -0.590. The molecule has 2 aromatic carbocycles. The summed E-state index contributed by atoms with van der Waals surface area (Å²) in [5, 5.41) is 3.39. The van der Waals surface area contributed by atoms with Crippen LogP contribution in [0.25, 0.3) is 0 Å². The summed E-state index contributed by atoms with van der Waals surface area (Å²) in [5.41, 5.74) is 2.42. The standard InChI is InChI=1S/C17H19BrINO/c1-11(2)21-14-6-4-5-12(9-14)17(20-3)15-10-13(19)7-8-16(15)18/h4-11,17,20H,1-3H3. The Bertz CT molecular complexity index is 615. The average molecular weight is 460 g/mol. The molecule has 112 valence electrons. The van der Waals surface area contributed by atoms with Gasteiger partial charge < -0.3 is 10.1 Å². The van der Waals surface area contributed by atoms with E-state index >= 15 is 0 Å². The van der Waals surface area contributed by atoms with E-state index in [1.807, 2.05) is 33.0 Å². The zero-order valence-electron chi connectivity index (χ0n) is 12.4. The molecule has 1 unspecified atom stereocenters. The first-order chi connectivity index (χ1) is 10.0. The van der Waals surface area contributed by atoms with Crippen LogP contribution in [0.2, 0.25) is 0 Å². The van der Waals surface area contributed by atoms with Crippen LogP contribution in [0, 0.1) is 3.57 Å². The number of nitrogens with one attached hydrogen (secondary N) is 1. The molecule has 0 saturated carbocycles. The van der Waals surface area contributed by atoms with Crippen molar-refractivity contribution in [2.45, 2.75) is 26.0 Å². The third kappa shape index (κ3) is 4.44. The molecule has 0 bridgehead atoms. The first kappa shape index (κ1) is 16.8. The van der Waals surface area contributed by atoms with Gasteiger partial charge in [-0.1, -0.05) is 28.1 Å². The molecule has 0 spiro atoms. The molecule has 2 aromatic rings. The monoisotopic (exact) mass is 459 g/mol. The quantitative estimate of drug-likeness (QED) is 0.624. The molecular formula is C17H19BrINO. The van der Waals surface area contributed by atoms with E-state index in [0.717, 1.165) is 10.2 Å². The normalized spacial score (nSPS) is 12.5. The maximum atomic E-state index is 5.80. The third-order valence-electron chi connectivity index (χ3n) is 3.12. The van der Waals surface area contributed by atoms with Gasteiger partial charge >= 0.3 is 0 Å². The molecule has 0 saturated heterocycles. The van der Waals surface area contributed by atoms with Crippen LogP contribution in [0.3, 0.4) is 0 Å². The van der Waals surface area contributed by atoms with Gasteiger partial charge in [-0.3, -0.25) is 0 Å². The second-order valence-electron chi connectivity index (χ2n) is 5.13. The van der Waals surface area contributed by atoms with Crippen molar-refractivity contribution in [1.82, 2.24) is 5.32 Å². The van der Waals surface area contributed by atoms with Gasteiger partial charge in [0.05, 0.1) is 12.1 Å². The van der Waals surface area contributed by atoms with Crippen LogP contribution >= 0.6 is 38.5 Å². The first-order valence-electron chi connectivity index (χ1n) is 6.90. The molecule has 2 nitrogen and oxygen atoms in total. The predicted molar refractivity (Wildman–Crippen MR) is 100.0 cm³/mol. The van der Waals surface area contributed by atoms with E-state index in [4.69, 9.17) is 4.74 Å². The summed E-state index contributed by atoms with van der Waals surface area (Å²) in [7, 11) is 1.98. The molecule has 0 amide bonds. The summed E-state index contributed by atoms with van der Waals surface area (Å²) < 4.78 is 8.13. The summed E-state index contributed by atoms with van der Waals surface area (Å²) in [6.07, 6.45) is 0.178. The van der Waals surface area contributed by atoms with Gasteiger partial charge in [0.2, 0.25) is 0 Å². The summed E-state index contributed by atoms with van der Waals surface area (Å²) in [6.45, 7) is 4.08. The van der Waals surface area contributed by atoms with Crippen molar-refractivity contribution in [3.63, 3.8) is 0 Å². The highest BCUT2D eigenvalue weighted by Gasteiger charge is 2.16. The van der Waals surface area contributed by atoms with Crippen LogP contribution in [0.15, 0.2) is 46.9 Å². The van der Waals surface area contributed by atoms with E-state index in [-0.39, 0.29) is 12.1 Å². The van der Waals surface area contributed by atoms with Crippen LogP contribution < -0.4 is 10.1 Å². The minimum atomic E-state index is 0.129. The molecule has 4 heteroatoms. The maximum absolute atomic E-state index is 5.80. The van der Waals surface area contributed by atoms with Crippen molar-refractivity contribution < 1.29 is 4.74 Å². The van der Waals surface area contributed by atoms with E-state index < -0.39 is 0 Å². The fourth-order valence-electron chi connectivity index (χ4n) is 2.28. The Morgan fingerprint density at radius 1 is 1.14 bits per heavy atom. The number of benzene rings is 2. The lowest BCUT2D eigenvalue weighted by molar-refractivity contribution is 0.242. The zero-order chi connectivity index (χ0) is 15.4. The highest BCUT2D eigenvalue weighted by atomic mass is 127. The van der Waals surface area contributed by atoms with Gasteiger partial charge in [0, 0.05) is 8.04 Å². The fourth-order valence-corrected chi connectivity index (χ4v) is 3.27. The van der Waals surface area contributed by atoms with Gasteiger partial charge in [0.1, 0.15) is 5.75 Å². The van der Waals surface area contributed by atoms with Crippen LogP contribution in [-0.4, -0.2) is 13.2 Å². The van der Waals surface area contributed by atoms with Crippen LogP contribution in [0.4, 0.5) is 0 Å². The molecule has 1 atom stereocenters. The second kappa shape index (κ2) is 7.61. The van der Waals surface area contributed by atoms with E-state index in [2.05, 4.69) is 74.2 Å². The number of halogens is 2.